The Morgan fingerprint density at radius 1 is 1.21 bits per heavy atom. The summed E-state index contributed by atoms with van der Waals surface area (Å²) in [5.41, 5.74) is 2.56. The average molecular weight is 189 g/mol. The molecule has 1 aromatic rings. The van der Waals surface area contributed by atoms with Crippen molar-refractivity contribution in [1.29, 1.82) is 0 Å². The van der Waals surface area contributed by atoms with Crippen LogP contribution in [0.4, 0.5) is 5.69 Å². The second-order valence-corrected chi connectivity index (χ2v) is 3.69. The van der Waals surface area contributed by atoms with Gasteiger partial charge in [0.25, 0.3) is 0 Å². The molecule has 14 heavy (non-hydrogen) atoms. The van der Waals surface area contributed by atoms with Gasteiger partial charge in [0.05, 0.1) is 0 Å². The molecule has 76 valence electrons. The van der Waals surface area contributed by atoms with Crippen LogP contribution in [0.3, 0.4) is 0 Å². The van der Waals surface area contributed by atoms with Crippen molar-refractivity contribution in [2.24, 2.45) is 0 Å². The van der Waals surface area contributed by atoms with Crippen LogP contribution in [-0.2, 0) is 0 Å². The summed E-state index contributed by atoms with van der Waals surface area (Å²) in [6.45, 7) is 3.83. The van der Waals surface area contributed by atoms with E-state index in [9.17, 15) is 0 Å². The van der Waals surface area contributed by atoms with Crippen LogP contribution in [-0.4, -0.2) is 14.1 Å². The highest BCUT2D eigenvalue weighted by Crippen LogP contribution is 2.15. The van der Waals surface area contributed by atoms with E-state index in [2.05, 4.69) is 56.6 Å². The van der Waals surface area contributed by atoms with E-state index < -0.39 is 0 Å². The largest absolute Gasteiger partial charge is 0.378 e. The Morgan fingerprint density at radius 2 is 1.86 bits per heavy atom. The maximum atomic E-state index is 3.83. The zero-order valence-electron chi connectivity index (χ0n) is 9.16. The number of unbranched alkanes of at least 4 members (excludes halogenated alkanes) is 2. The van der Waals surface area contributed by atoms with Gasteiger partial charge in [0.2, 0.25) is 0 Å². The van der Waals surface area contributed by atoms with Gasteiger partial charge in [-0.15, -0.1) is 0 Å². The zero-order valence-corrected chi connectivity index (χ0v) is 9.16. The van der Waals surface area contributed by atoms with E-state index in [4.69, 9.17) is 0 Å². The van der Waals surface area contributed by atoms with Crippen molar-refractivity contribution >= 4 is 5.69 Å². The Kier molecular flexibility index (Phi) is 4.51. The predicted octanol–water partition coefficient (Wildman–Crippen LogP) is 3.31. The molecule has 1 rings (SSSR count). The lowest BCUT2D eigenvalue weighted by Crippen LogP contribution is -2.08. The Hall–Kier alpha value is -0.980. The monoisotopic (exact) mass is 189 g/mol. The van der Waals surface area contributed by atoms with Gasteiger partial charge in [0.15, 0.2) is 0 Å². The van der Waals surface area contributed by atoms with Gasteiger partial charge in [0, 0.05) is 19.8 Å². The molecule has 0 heterocycles. The smallest absolute Gasteiger partial charge is 0.0361 e. The Labute approximate surface area is 87.7 Å². The van der Waals surface area contributed by atoms with Gasteiger partial charge in [-0.05, 0) is 30.5 Å². The first-order chi connectivity index (χ1) is 6.74. The first-order valence-corrected chi connectivity index (χ1v) is 5.14. The molecule has 0 saturated carbocycles. The molecule has 0 aliphatic carbocycles. The second-order valence-electron chi connectivity index (χ2n) is 3.69. The molecule has 2 radical (unpaired) electrons. The molecular formula is C13H19N. The Morgan fingerprint density at radius 3 is 2.36 bits per heavy atom. The third kappa shape index (κ3) is 3.41. The van der Waals surface area contributed by atoms with Crippen molar-refractivity contribution in [3.63, 3.8) is 0 Å². The molecule has 1 nitrogen and oxygen atoms in total. The van der Waals surface area contributed by atoms with Gasteiger partial charge in [-0.1, -0.05) is 31.9 Å². The summed E-state index contributed by atoms with van der Waals surface area (Å²) in [6.07, 6.45) is 5.59. The van der Waals surface area contributed by atoms with Crippen molar-refractivity contribution in [2.45, 2.75) is 19.3 Å². The lowest BCUT2D eigenvalue weighted by Gasteiger charge is -2.12. The molecule has 0 N–H and O–H groups in total. The average Bonchev–Trinajstić information content (AvgIpc) is 2.19. The van der Waals surface area contributed by atoms with E-state index in [0.717, 1.165) is 12.8 Å². The van der Waals surface area contributed by atoms with Gasteiger partial charge in [-0.25, -0.2) is 0 Å². The van der Waals surface area contributed by atoms with Crippen LogP contribution < -0.4 is 4.90 Å². The minimum absolute atomic E-state index is 1.02. The van der Waals surface area contributed by atoms with E-state index in [1.54, 1.807) is 0 Å². The third-order valence-electron chi connectivity index (χ3n) is 2.24. The molecule has 0 aliphatic rings. The molecule has 1 heteroatoms. The summed E-state index contributed by atoms with van der Waals surface area (Å²) in [6, 6.07) is 8.63. The fourth-order valence-corrected chi connectivity index (χ4v) is 1.32. The van der Waals surface area contributed by atoms with E-state index in [0.29, 0.717) is 0 Å². The van der Waals surface area contributed by atoms with Crippen LogP contribution in [0.15, 0.2) is 24.3 Å². The third-order valence-corrected chi connectivity index (χ3v) is 2.24. The number of nitrogens with zero attached hydrogens (tertiary/aromatic N) is 1. The molecule has 0 amide bonds. The van der Waals surface area contributed by atoms with Crippen LogP contribution in [0.5, 0.6) is 0 Å². The van der Waals surface area contributed by atoms with E-state index in [-0.39, 0.29) is 0 Å². The predicted molar refractivity (Wildman–Crippen MR) is 63.4 cm³/mol. The lowest BCUT2D eigenvalue weighted by atomic mass is 10.1. The molecule has 1 aromatic carbocycles. The van der Waals surface area contributed by atoms with Crippen LogP contribution in [0.25, 0.3) is 0 Å². The number of rotatable bonds is 5. The number of anilines is 1. The highest BCUT2D eigenvalue weighted by Gasteiger charge is 1.96. The van der Waals surface area contributed by atoms with Crippen molar-refractivity contribution in [3.05, 3.63) is 43.2 Å². The normalized spacial score (nSPS) is 10.2. The molecule has 0 bridgehead atoms. The van der Waals surface area contributed by atoms with Crippen LogP contribution in [0, 0.1) is 13.3 Å². The first-order valence-electron chi connectivity index (χ1n) is 5.14. The summed E-state index contributed by atoms with van der Waals surface area (Å²) in [7, 11) is 4.11. The number of hydrogen-bond donors (Lipinski definition) is 0. The molecule has 0 spiro atoms. The Balaban J connectivity index is 2.47. The van der Waals surface area contributed by atoms with Crippen molar-refractivity contribution in [3.8, 4) is 0 Å². The molecule has 0 unspecified atom stereocenters. The minimum atomic E-state index is 1.02. The minimum Gasteiger partial charge on any atom is -0.378 e. The van der Waals surface area contributed by atoms with Crippen LogP contribution in [0.2, 0.25) is 0 Å². The van der Waals surface area contributed by atoms with Gasteiger partial charge < -0.3 is 4.90 Å². The Bertz CT molecular complexity index is 248. The number of benzene rings is 1. The van der Waals surface area contributed by atoms with Crippen LogP contribution in [0.1, 0.15) is 24.8 Å². The molecule has 0 saturated heterocycles. The summed E-state index contributed by atoms with van der Waals surface area (Å²) >= 11 is 0. The highest BCUT2D eigenvalue weighted by molar-refractivity contribution is 5.47. The maximum absolute atomic E-state index is 3.83. The van der Waals surface area contributed by atoms with Gasteiger partial charge in [-0.3, -0.25) is 0 Å². The maximum Gasteiger partial charge on any atom is 0.0361 e. The van der Waals surface area contributed by atoms with E-state index in [1.165, 1.54) is 17.7 Å². The molecule has 0 aromatic heterocycles. The molecule has 0 atom stereocenters. The van der Waals surface area contributed by atoms with Crippen molar-refractivity contribution in [1.82, 2.24) is 0 Å². The molecule has 0 fully saturated rings. The highest BCUT2D eigenvalue weighted by atomic mass is 15.1. The SMILES string of the molecule is [CH2]CCC[CH]c1ccc(N(C)C)cc1. The molecule has 0 aliphatic heterocycles. The summed E-state index contributed by atoms with van der Waals surface area (Å²) < 4.78 is 0. The summed E-state index contributed by atoms with van der Waals surface area (Å²) in [4.78, 5) is 2.11. The van der Waals surface area contributed by atoms with Crippen LogP contribution >= 0.6 is 0 Å². The summed E-state index contributed by atoms with van der Waals surface area (Å²) in [5, 5.41) is 0. The fourth-order valence-electron chi connectivity index (χ4n) is 1.32. The second kappa shape index (κ2) is 5.69. The summed E-state index contributed by atoms with van der Waals surface area (Å²) in [5.74, 6) is 0. The van der Waals surface area contributed by atoms with Gasteiger partial charge in [-0.2, -0.15) is 0 Å². The molecular weight excluding hydrogens is 170 g/mol. The van der Waals surface area contributed by atoms with Gasteiger partial charge in [0.1, 0.15) is 0 Å². The van der Waals surface area contributed by atoms with Crippen molar-refractivity contribution < 1.29 is 0 Å². The van der Waals surface area contributed by atoms with Crippen molar-refractivity contribution in [2.75, 3.05) is 19.0 Å². The quantitative estimate of drug-likeness (QED) is 0.642. The number of hydrogen-bond acceptors (Lipinski definition) is 1. The van der Waals surface area contributed by atoms with E-state index >= 15 is 0 Å². The first kappa shape index (κ1) is 11.1. The standard InChI is InChI=1S/C13H19N/c1-4-5-6-7-12-8-10-13(11-9-12)14(2)3/h7-11H,1,4-6H2,2-3H3. The van der Waals surface area contributed by atoms with Gasteiger partial charge >= 0.3 is 0 Å². The van der Waals surface area contributed by atoms with E-state index in [1.807, 2.05) is 0 Å². The topological polar surface area (TPSA) is 3.24 Å². The lowest BCUT2D eigenvalue weighted by molar-refractivity contribution is 0.835. The zero-order chi connectivity index (χ0) is 10.4. The fraction of sp³-hybridized carbons (Fsp3) is 0.385.